The maximum absolute atomic E-state index is 12.4. The highest BCUT2D eigenvalue weighted by Crippen LogP contribution is 2.25. The molecule has 0 aliphatic heterocycles. The predicted molar refractivity (Wildman–Crippen MR) is 134 cm³/mol. The van der Waals surface area contributed by atoms with Crippen molar-refractivity contribution in [3.05, 3.63) is 81.6 Å². The van der Waals surface area contributed by atoms with E-state index >= 15 is 0 Å². The molecule has 0 bridgehead atoms. The molecule has 0 radical (unpaired) electrons. The van der Waals surface area contributed by atoms with E-state index < -0.39 is 22.5 Å². The van der Waals surface area contributed by atoms with Crippen LogP contribution in [0.3, 0.4) is 0 Å². The summed E-state index contributed by atoms with van der Waals surface area (Å²) in [7, 11) is -3.68. The first-order chi connectivity index (χ1) is 15.5. The van der Waals surface area contributed by atoms with Gasteiger partial charge in [-0.3, -0.25) is 9.10 Å². The third kappa shape index (κ3) is 5.64. The van der Waals surface area contributed by atoms with Crippen LogP contribution in [0.4, 0.5) is 5.69 Å². The zero-order valence-electron chi connectivity index (χ0n) is 19.3. The molecule has 0 aliphatic carbocycles. The molecule has 0 spiro atoms. The van der Waals surface area contributed by atoms with Crippen LogP contribution in [-0.2, 0) is 14.8 Å². The van der Waals surface area contributed by atoms with Crippen molar-refractivity contribution in [2.24, 2.45) is 5.10 Å². The van der Waals surface area contributed by atoms with E-state index in [-0.39, 0.29) is 0 Å². The van der Waals surface area contributed by atoms with Crippen LogP contribution in [-0.4, -0.2) is 37.9 Å². The largest absolute Gasteiger partial charge is 0.317 e. The summed E-state index contributed by atoms with van der Waals surface area (Å²) < 4.78 is 27.6. The van der Waals surface area contributed by atoms with E-state index in [1.54, 1.807) is 30.5 Å². The summed E-state index contributed by atoms with van der Waals surface area (Å²) in [5.74, 6) is -0.560. The Bertz CT molecular complexity index is 1290. The van der Waals surface area contributed by atoms with Crippen molar-refractivity contribution >= 4 is 39.4 Å². The van der Waals surface area contributed by atoms with Crippen molar-refractivity contribution in [1.29, 1.82) is 0 Å². The van der Waals surface area contributed by atoms with E-state index in [2.05, 4.69) is 41.1 Å². The number of benzene rings is 2. The van der Waals surface area contributed by atoms with Gasteiger partial charge in [0.2, 0.25) is 10.0 Å². The number of aromatic nitrogens is 1. The first-order valence-electron chi connectivity index (χ1n) is 10.3. The lowest BCUT2D eigenvalue weighted by Gasteiger charge is -2.21. The van der Waals surface area contributed by atoms with Crippen molar-refractivity contribution in [2.45, 2.75) is 27.7 Å². The number of para-hydroxylation sites is 1. The topological polar surface area (TPSA) is 83.8 Å². The highest BCUT2D eigenvalue weighted by molar-refractivity contribution is 7.92. The number of nitrogens with one attached hydrogen (secondary N) is 1. The van der Waals surface area contributed by atoms with Crippen molar-refractivity contribution in [3.8, 4) is 5.69 Å². The van der Waals surface area contributed by atoms with Crippen LogP contribution in [0.1, 0.15) is 28.1 Å². The minimum absolute atomic E-state index is 0.346. The molecule has 33 heavy (non-hydrogen) atoms. The molecule has 3 aromatic rings. The Morgan fingerprint density at radius 1 is 1.09 bits per heavy atom. The Morgan fingerprint density at radius 2 is 1.70 bits per heavy atom. The van der Waals surface area contributed by atoms with E-state index in [1.165, 1.54) is 0 Å². The lowest BCUT2D eigenvalue weighted by atomic mass is 10.1. The standard InChI is InChI=1S/C24H27ClN4O3S/c1-16-7-6-8-17(2)24(16)29-18(3)13-20(19(29)4)14-26-27-23(30)15-28(33(5,31)32)22-11-9-21(25)10-12-22/h6-14H,15H2,1-5H3,(H,27,30)/b26-14-. The molecule has 1 heterocycles. The Hall–Kier alpha value is -3.10. The number of carbonyl (C=O) groups excluding carboxylic acids is 1. The van der Waals surface area contributed by atoms with Gasteiger partial charge in [-0.05, 0) is 69.2 Å². The molecule has 1 aromatic heterocycles. The summed E-state index contributed by atoms with van der Waals surface area (Å²) >= 11 is 5.88. The van der Waals surface area contributed by atoms with E-state index in [0.717, 1.165) is 44.3 Å². The van der Waals surface area contributed by atoms with Gasteiger partial charge in [-0.1, -0.05) is 29.8 Å². The normalized spacial score (nSPS) is 11.7. The zero-order valence-corrected chi connectivity index (χ0v) is 20.8. The minimum atomic E-state index is -3.68. The second kappa shape index (κ2) is 9.80. The maximum atomic E-state index is 12.4. The van der Waals surface area contributed by atoms with Crippen molar-refractivity contribution in [1.82, 2.24) is 9.99 Å². The molecule has 1 N–H and O–H groups in total. The number of hydrazone groups is 1. The molecule has 2 aromatic carbocycles. The number of sulfonamides is 1. The number of amides is 1. The summed E-state index contributed by atoms with van der Waals surface area (Å²) in [6.45, 7) is 7.75. The molecule has 0 unspecified atom stereocenters. The molecule has 3 rings (SSSR count). The van der Waals surface area contributed by atoms with Gasteiger partial charge in [0.1, 0.15) is 6.54 Å². The maximum Gasteiger partial charge on any atom is 0.260 e. The molecule has 0 saturated carbocycles. The van der Waals surface area contributed by atoms with Crippen LogP contribution in [0, 0.1) is 27.7 Å². The number of aryl methyl sites for hydroxylation is 3. The number of hydrogen-bond donors (Lipinski definition) is 1. The highest BCUT2D eigenvalue weighted by Gasteiger charge is 2.20. The van der Waals surface area contributed by atoms with E-state index in [4.69, 9.17) is 11.6 Å². The number of hydrogen-bond acceptors (Lipinski definition) is 4. The fourth-order valence-electron chi connectivity index (χ4n) is 3.77. The lowest BCUT2D eigenvalue weighted by Crippen LogP contribution is -2.39. The Morgan fingerprint density at radius 3 is 2.27 bits per heavy atom. The molecule has 174 valence electrons. The fraction of sp³-hybridized carbons (Fsp3) is 0.250. The molecule has 1 amide bonds. The summed E-state index contributed by atoms with van der Waals surface area (Å²) in [5, 5.41) is 4.53. The molecule has 9 heteroatoms. The van der Waals surface area contributed by atoms with Crippen LogP contribution < -0.4 is 9.73 Å². The first-order valence-corrected chi connectivity index (χ1v) is 12.5. The smallest absolute Gasteiger partial charge is 0.260 e. The van der Waals surface area contributed by atoms with Crippen molar-refractivity contribution < 1.29 is 13.2 Å². The fourth-order valence-corrected chi connectivity index (χ4v) is 4.75. The first kappa shape index (κ1) is 24.5. The monoisotopic (exact) mass is 486 g/mol. The average molecular weight is 487 g/mol. The van der Waals surface area contributed by atoms with Gasteiger partial charge in [-0.25, -0.2) is 13.8 Å². The van der Waals surface area contributed by atoms with Gasteiger partial charge >= 0.3 is 0 Å². The van der Waals surface area contributed by atoms with Crippen LogP contribution in [0.25, 0.3) is 5.69 Å². The number of halogens is 1. The van der Waals surface area contributed by atoms with E-state index in [1.807, 2.05) is 26.0 Å². The van der Waals surface area contributed by atoms with Gasteiger partial charge in [-0.15, -0.1) is 0 Å². The quantitative estimate of drug-likeness (QED) is 0.399. The van der Waals surface area contributed by atoms with E-state index in [0.29, 0.717) is 10.7 Å². The summed E-state index contributed by atoms with van der Waals surface area (Å²) in [4.78, 5) is 12.4. The van der Waals surface area contributed by atoms with Crippen LogP contribution in [0.2, 0.25) is 5.02 Å². The molecule has 7 nitrogen and oxygen atoms in total. The summed E-state index contributed by atoms with van der Waals surface area (Å²) in [6.07, 6.45) is 2.61. The number of anilines is 1. The summed E-state index contributed by atoms with van der Waals surface area (Å²) in [5.41, 5.74) is 9.11. The third-order valence-corrected chi connectivity index (χ3v) is 6.72. The van der Waals surface area contributed by atoms with Crippen LogP contribution in [0.15, 0.2) is 53.6 Å². The van der Waals surface area contributed by atoms with Crippen molar-refractivity contribution in [3.63, 3.8) is 0 Å². The highest BCUT2D eigenvalue weighted by atomic mass is 35.5. The van der Waals surface area contributed by atoms with Gasteiger partial charge in [0.15, 0.2) is 0 Å². The molecule has 0 saturated heterocycles. The zero-order chi connectivity index (χ0) is 24.3. The Balaban J connectivity index is 1.77. The molecular weight excluding hydrogens is 460 g/mol. The SMILES string of the molecule is Cc1cccc(C)c1-n1c(C)cc(/C=N\NC(=O)CN(c2ccc(Cl)cc2)S(C)(=O)=O)c1C. The molecule has 0 fully saturated rings. The number of rotatable bonds is 7. The second-order valence-electron chi connectivity index (χ2n) is 7.94. The van der Waals surface area contributed by atoms with Crippen LogP contribution >= 0.6 is 11.6 Å². The average Bonchev–Trinajstić information content (AvgIpc) is 3.00. The van der Waals surface area contributed by atoms with Crippen LogP contribution in [0.5, 0.6) is 0 Å². The van der Waals surface area contributed by atoms with Gasteiger partial charge in [0.05, 0.1) is 23.8 Å². The molecule has 0 atom stereocenters. The van der Waals surface area contributed by atoms with Gasteiger partial charge in [-0.2, -0.15) is 5.10 Å². The summed E-state index contributed by atoms with van der Waals surface area (Å²) in [6, 6.07) is 14.4. The Labute approximate surface area is 199 Å². The number of nitrogens with zero attached hydrogens (tertiary/aromatic N) is 3. The van der Waals surface area contributed by atoms with Crippen molar-refractivity contribution in [2.75, 3.05) is 17.1 Å². The van der Waals surface area contributed by atoms with Gasteiger partial charge in [0.25, 0.3) is 5.91 Å². The second-order valence-corrected chi connectivity index (χ2v) is 10.3. The van der Waals surface area contributed by atoms with Gasteiger partial charge in [0, 0.05) is 22.0 Å². The van der Waals surface area contributed by atoms with E-state index in [9.17, 15) is 13.2 Å². The minimum Gasteiger partial charge on any atom is -0.317 e. The lowest BCUT2D eigenvalue weighted by molar-refractivity contribution is -0.119. The third-order valence-electron chi connectivity index (χ3n) is 5.33. The predicted octanol–water partition coefficient (Wildman–Crippen LogP) is 4.28. The molecule has 0 aliphatic rings. The molecular formula is C24H27ClN4O3S. The Kier molecular flexibility index (Phi) is 7.29. The number of carbonyl (C=O) groups is 1. The van der Waals surface area contributed by atoms with Gasteiger partial charge < -0.3 is 4.57 Å².